The highest BCUT2D eigenvalue weighted by Gasteiger charge is 2.30. The van der Waals surface area contributed by atoms with Gasteiger partial charge in [0.05, 0.1) is 6.42 Å². The van der Waals surface area contributed by atoms with Crippen LogP contribution in [0.15, 0.2) is 48.5 Å². The molecule has 0 spiro atoms. The minimum atomic E-state index is -1.06. The van der Waals surface area contributed by atoms with Crippen LogP contribution in [0.2, 0.25) is 0 Å². The summed E-state index contributed by atoms with van der Waals surface area (Å²) in [5.41, 5.74) is 4.07. The maximum atomic E-state index is 12.0. The monoisotopic (exact) mass is 367 g/mol. The lowest BCUT2D eigenvalue weighted by Gasteiger charge is -2.22. The molecule has 1 unspecified atom stereocenters. The first-order valence-corrected chi connectivity index (χ1v) is 9.12. The number of benzene rings is 2. The van der Waals surface area contributed by atoms with Gasteiger partial charge in [-0.25, -0.2) is 0 Å². The number of nitrogens with one attached hydrogen (secondary N) is 1. The van der Waals surface area contributed by atoms with Gasteiger partial charge in [0, 0.05) is 12.5 Å². The van der Waals surface area contributed by atoms with Crippen LogP contribution in [-0.4, -0.2) is 35.2 Å². The maximum Gasteiger partial charge on any atom is 0.321 e. The molecule has 1 aliphatic carbocycles. The molecule has 2 aromatic rings. The van der Waals surface area contributed by atoms with Gasteiger partial charge in [0.25, 0.3) is 0 Å². The standard InChI is InChI=1S/C22H25NO4/c1-22(2,3)27-20(24)12-19(21(25)26)23-13-18-16-10-6-4-8-14(16)15-9-5-7-11-17(15)18/h4-11,18-19,23H,12-13H2,1-3H3,(H,25,26). The first kappa shape index (κ1) is 19.1. The van der Waals surface area contributed by atoms with E-state index in [4.69, 9.17) is 4.74 Å². The molecule has 0 bridgehead atoms. The molecule has 0 radical (unpaired) electrons. The average Bonchev–Trinajstić information content (AvgIpc) is 2.91. The quantitative estimate of drug-likeness (QED) is 0.764. The molecule has 0 amide bonds. The number of carbonyl (C=O) groups excluding carboxylic acids is 1. The Bertz CT molecular complexity index is 808. The molecule has 5 heteroatoms. The zero-order chi connectivity index (χ0) is 19.6. The Morgan fingerprint density at radius 3 is 2.04 bits per heavy atom. The van der Waals surface area contributed by atoms with Gasteiger partial charge >= 0.3 is 11.9 Å². The van der Waals surface area contributed by atoms with E-state index in [1.165, 1.54) is 22.3 Å². The Kier molecular flexibility index (Phi) is 5.33. The van der Waals surface area contributed by atoms with Crippen molar-refractivity contribution in [3.05, 3.63) is 59.7 Å². The SMILES string of the molecule is CC(C)(C)OC(=O)CC(NCC1c2ccccc2-c2ccccc21)C(=O)O. The highest BCUT2D eigenvalue weighted by molar-refractivity contribution is 5.82. The van der Waals surface area contributed by atoms with Crippen molar-refractivity contribution in [2.24, 2.45) is 0 Å². The van der Waals surface area contributed by atoms with E-state index in [1.54, 1.807) is 20.8 Å². The summed E-state index contributed by atoms with van der Waals surface area (Å²) in [6.07, 6.45) is -0.206. The lowest BCUT2D eigenvalue weighted by atomic mass is 9.96. The van der Waals surface area contributed by atoms with Gasteiger partial charge in [-0.2, -0.15) is 0 Å². The molecule has 2 aromatic carbocycles. The smallest absolute Gasteiger partial charge is 0.321 e. The highest BCUT2D eigenvalue weighted by atomic mass is 16.6. The second-order valence-corrected chi connectivity index (χ2v) is 7.82. The van der Waals surface area contributed by atoms with Gasteiger partial charge in [0.2, 0.25) is 0 Å². The van der Waals surface area contributed by atoms with Crippen LogP contribution < -0.4 is 5.32 Å². The third-order valence-corrected chi connectivity index (χ3v) is 4.62. The summed E-state index contributed by atoms with van der Waals surface area (Å²) in [5, 5.41) is 12.6. The summed E-state index contributed by atoms with van der Waals surface area (Å²) in [5.74, 6) is -1.52. The van der Waals surface area contributed by atoms with Crippen LogP contribution in [0.25, 0.3) is 11.1 Å². The number of aliphatic carboxylic acids is 1. The van der Waals surface area contributed by atoms with E-state index < -0.39 is 23.6 Å². The third kappa shape index (κ3) is 4.37. The molecule has 1 atom stereocenters. The summed E-state index contributed by atoms with van der Waals surface area (Å²) in [7, 11) is 0. The first-order valence-electron chi connectivity index (χ1n) is 9.12. The number of hydrogen-bond acceptors (Lipinski definition) is 4. The van der Waals surface area contributed by atoms with Crippen molar-refractivity contribution in [1.29, 1.82) is 0 Å². The van der Waals surface area contributed by atoms with Crippen LogP contribution in [0.5, 0.6) is 0 Å². The number of carbonyl (C=O) groups is 2. The molecular formula is C22H25NO4. The molecule has 142 valence electrons. The summed E-state index contributed by atoms with van der Waals surface area (Å²) in [4.78, 5) is 23.7. The van der Waals surface area contributed by atoms with Gasteiger partial charge in [-0.15, -0.1) is 0 Å². The number of carboxylic acids is 1. The largest absolute Gasteiger partial charge is 0.480 e. The van der Waals surface area contributed by atoms with Crippen LogP contribution in [0.4, 0.5) is 0 Å². The van der Waals surface area contributed by atoms with Crippen molar-refractivity contribution in [3.63, 3.8) is 0 Å². The van der Waals surface area contributed by atoms with Crippen LogP contribution in [0, 0.1) is 0 Å². The van der Waals surface area contributed by atoms with Crippen LogP contribution >= 0.6 is 0 Å². The molecule has 0 saturated heterocycles. The minimum absolute atomic E-state index is 0.0536. The number of esters is 1. The zero-order valence-electron chi connectivity index (χ0n) is 15.9. The van der Waals surface area contributed by atoms with Crippen molar-refractivity contribution in [2.45, 2.75) is 44.8 Å². The molecule has 3 rings (SSSR count). The average molecular weight is 367 g/mol. The van der Waals surface area contributed by atoms with Gasteiger partial charge in [0.15, 0.2) is 0 Å². The molecule has 5 nitrogen and oxygen atoms in total. The highest BCUT2D eigenvalue weighted by Crippen LogP contribution is 2.44. The maximum absolute atomic E-state index is 12.0. The number of ether oxygens (including phenoxy) is 1. The number of hydrogen-bond donors (Lipinski definition) is 2. The van der Waals surface area contributed by atoms with Crippen LogP contribution in [-0.2, 0) is 14.3 Å². The predicted octanol–water partition coefficient (Wildman–Crippen LogP) is 3.57. The van der Waals surface area contributed by atoms with Gasteiger partial charge in [-0.05, 0) is 43.0 Å². The Morgan fingerprint density at radius 2 is 1.56 bits per heavy atom. The molecule has 0 fully saturated rings. The molecule has 0 saturated carbocycles. The van der Waals surface area contributed by atoms with Gasteiger partial charge < -0.3 is 15.2 Å². The Morgan fingerprint density at radius 1 is 1.04 bits per heavy atom. The molecule has 27 heavy (non-hydrogen) atoms. The summed E-state index contributed by atoms with van der Waals surface area (Å²) in [6.45, 7) is 5.73. The van der Waals surface area contributed by atoms with E-state index in [-0.39, 0.29) is 12.3 Å². The number of carboxylic acid groups (broad SMARTS) is 1. The Balaban J connectivity index is 1.74. The van der Waals surface area contributed by atoms with Crippen molar-refractivity contribution >= 4 is 11.9 Å². The molecule has 2 N–H and O–H groups in total. The Labute approximate surface area is 159 Å². The lowest BCUT2D eigenvalue weighted by Crippen LogP contribution is -2.41. The zero-order valence-corrected chi connectivity index (χ0v) is 15.9. The number of rotatable bonds is 6. The number of fused-ring (bicyclic) bond motifs is 3. The fourth-order valence-corrected chi connectivity index (χ4v) is 3.54. The lowest BCUT2D eigenvalue weighted by molar-refractivity contribution is -0.158. The van der Waals surface area contributed by atoms with Gasteiger partial charge in [0.1, 0.15) is 11.6 Å². The van der Waals surface area contributed by atoms with E-state index in [0.29, 0.717) is 6.54 Å². The molecular weight excluding hydrogens is 342 g/mol. The minimum Gasteiger partial charge on any atom is -0.480 e. The molecule has 0 aliphatic heterocycles. The summed E-state index contributed by atoms with van der Waals surface area (Å²) in [6, 6.07) is 15.3. The molecule has 0 heterocycles. The topological polar surface area (TPSA) is 75.6 Å². The first-order chi connectivity index (χ1) is 12.8. The predicted molar refractivity (Wildman–Crippen MR) is 104 cm³/mol. The van der Waals surface area contributed by atoms with E-state index in [1.807, 2.05) is 24.3 Å². The van der Waals surface area contributed by atoms with Crippen molar-refractivity contribution in [3.8, 4) is 11.1 Å². The summed E-state index contributed by atoms with van der Waals surface area (Å²) >= 11 is 0. The van der Waals surface area contributed by atoms with E-state index in [9.17, 15) is 14.7 Å². The Hall–Kier alpha value is -2.66. The van der Waals surface area contributed by atoms with Crippen molar-refractivity contribution in [1.82, 2.24) is 5.32 Å². The van der Waals surface area contributed by atoms with E-state index >= 15 is 0 Å². The van der Waals surface area contributed by atoms with E-state index in [0.717, 1.165) is 0 Å². The summed E-state index contributed by atoms with van der Waals surface area (Å²) < 4.78 is 5.26. The van der Waals surface area contributed by atoms with Crippen LogP contribution in [0.3, 0.4) is 0 Å². The van der Waals surface area contributed by atoms with Gasteiger partial charge in [-0.1, -0.05) is 48.5 Å². The second-order valence-electron chi connectivity index (χ2n) is 7.82. The van der Waals surface area contributed by atoms with Crippen molar-refractivity contribution in [2.75, 3.05) is 6.54 Å². The molecule has 0 aromatic heterocycles. The molecule has 1 aliphatic rings. The third-order valence-electron chi connectivity index (χ3n) is 4.62. The van der Waals surface area contributed by atoms with E-state index in [2.05, 4.69) is 29.6 Å². The normalized spacial score (nSPS) is 14.3. The fourth-order valence-electron chi connectivity index (χ4n) is 3.54. The second kappa shape index (κ2) is 7.53. The van der Waals surface area contributed by atoms with Crippen LogP contribution in [0.1, 0.15) is 44.2 Å². The fraction of sp³-hybridized carbons (Fsp3) is 0.364. The van der Waals surface area contributed by atoms with Gasteiger partial charge in [-0.3, -0.25) is 9.59 Å². The van der Waals surface area contributed by atoms with Crippen molar-refractivity contribution < 1.29 is 19.4 Å².